The average molecular weight is 1200 g/mol. The van der Waals surface area contributed by atoms with E-state index >= 15 is 0 Å². The van der Waals surface area contributed by atoms with Gasteiger partial charge in [-0.3, -0.25) is 0 Å². The Morgan fingerprint density at radius 1 is 0.277 bits per heavy atom. The summed E-state index contributed by atoms with van der Waals surface area (Å²) in [5.74, 6) is 0. The summed E-state index contributed by atoms with van der Waals surface area (Å²) >= 11 is 0. The average Bonchev–Trinajstić information content (AvgIpc) is 0.783. The van der Waals surface area contributed by atoms with Gasteiger partial charge in [0.1, 0.15) is 0 Å². The molecular weight excluding hydrogens is 1130 g/mol. The smallest absolute Gasteiger partial charge is 0.252 e. The van der Waals surface area contributed by atoms with E-state index in [1.165, 1.54) is 104 Å². The second kappa shape index (κ2) is 21.2. The molecule has 3 nitrogen and oxygen atoms in total. The normalized spacial score (nSPS) is 12.9. The third-order valence-electron chi connectivity index (χ3n) is 20.4. The highest BCUT2D eigenvalue weighted by Crippen LogP contribution is 2.54. The second-order valence-corrected chi connectivity index (χ2v) is 28.0. The summed E-state index contributed by atoms with van der Waals surface area (Å²) in [6, 6.07) is 115. The number of hydrogen-bond donors (Lipinski definition) is 0. The van der Waals surface area contributed by atoms with Gasteiger partial charge in [-0.2, -0.15) is 0 Å². The zero-order chi connectivity index (χ0) is 63.1. The molecule has 0 amide bonds. The Bertz CT molecular complexity index is 5540. The number of para-hydroxylation sites is 3. The fourth-order valence-electron chi connectivity index (χ4n) is 15.9. The molecule has 2 aliphatic rings. The number of fused-ring (bicyclic) bond motifs is 7. The van der Waals surface area contributed by atoms with Crippen LogP contribution in [0.2, 0.25) is 0 Å². The molecule has 4 heteroatoms. The van der Waals surface area contributed by atoms with E-state index in [0.717, 1.165) is 73.0 Å². The van der Waals surface area contributed by atoms with Gasteiger partial charge >= 0.3 is 0 Å². The predicted molar refractivity (Wildman–Crippen MR) is 403 cm³/mol. The summed E-state index contributed by atoms with van der Waals surface area (Å²) in [7, 11) is 0. The van der Waals surface area contributed by atoms with E-state index in [1.54, 1.807) is 0 Å². The minimum Gasteiger partial charge on any atom is -0.311 e. The van der Waals surface area contributed by atoms with E-state index in [-0.39, 0.29) is 17.5 Å². The van der Waals surface area contributed by atoms with Gasteiger partial charge in [-0.05, 0) is 170 Å². The van der Waals surface area contributed by atoms with Crippen LogP contribution in [0.15, 0.2) is 303 Å². The first-order valence-electron chi connectivity index (χ1n) is 33.2. The first kappa shape index (κ1) is 55.6. The van der Waals surface area contributed by atoms with Crippen LogP contribution in [0.5, 0.6) is 0 Å². The molecule has 3 heterocycles. The lowest BCUT2D eigenvalue weighted by Crippen LogP contribution is -2.61. The van der Waals surface area contributed by atoms with Crippen molar-refractivity contribution in [2.45, 2.75) is 52.4 Å². The van der Waals surface area contributed by atoms with Crippen molar-refractivity contribution in [3.63, 3.8) is 0 Å². The van der Waals surface area contributed by atoms with Crippen LogP contribution >= 0.6 is 0 Å². The van der Waals surface area contributed by atoms with Crippen LogP contribution < -0.4 is 26.2 Å². The van der Waals surface area contributed by atoms with Crippen LogP contribution in [-0.4, -0.2) is 11.3 Å². The molecule has 0 bridgehead atoms. The monoisotopic (exact) mass is 1200 g/mol. The van der Waals surface area contributed by atoms with E-state index in [2.05, 4.69) is 359 Å². The molecule has 446 valence electrons. The molecule has 2 aliphatic heterocycles. The summed E-state index contributed by atoms with van der Waals surface area (Å²) in [6.07, 6.45) is 0. The molecule has 1 aromatic heterocycles. The summed E-state index contributed by atoms with van der Waals surface area (Å²) in [5.41, 5.74) is 28.0. The van der Waals surface area contributed by atoms with Gasteiger partial charge in [0.2, 0.25) is 0 Å². The summed E-state index contributed by atoms with van der Waals surface area (Å²) in [6.45, 7) is 13.9. The zero-order valence-electron chi connectivity index (χ0n) is 53.8. The van der Waals surface area contributed by atoms with Crippen molar-refractivity contribution >= 4 is 111 Å². The molecule has 0 N–H and O–H groups in total. The summed E-state index contributed by atoms with van der Waals surface area (Å²) < 4.78 is 2.54. The van der Waals surface area contributed by atoms with Crippen LogP contribution in [0, 0.1) is 0 Å². The highest BCUT2D eigenvalue weighted by atomic mass is 15.2. The maximum atomic E-state index is 2.70. The number of aromatic nitrogens is 1. The molecule has 94 heavy (non-hydrogen) atoms. The number of benzene rings is 15. The number of nitrogens with zero attached hydrogens (tertiary/aromatic N) is 3. The van der Waals surface area contributed by atoms with Gasteiger partial charge in [0.25, 0.3) is 6.71 Å². The van der Waals surface area contributed by atoms with E-state index < -0.39 is 0 Å². The van der Waals surface area contributed by atoms with Gasteiger partial charge in [-0.15, -0.1) is 0 Å². The van der Waals surface area contributed by atoms with Crippen molar-refractivity contribution in [3.05, 3.63) is 314 Å². The molecule has 16 aromatic rings. The van der Waals surface area contributed by atoms with Crippen LogP contribution in [0.4, 0.5) is 34.1 Å². The van der Waals surface area contributed by atoms with Crippen LogP contribution in [0.3, 0.4) is 0 Å². The molecule has 0 spiro atoms. The quantitative estimate of drug-likeness (QED) is 0.111. The molecule has 0 saturated carbocycles. The molecule has 0 unspecified atom stereocenters. The van der Waals surface area contributed by atoms with Crippen molar-refractivity contribution < 1.29 is 0 Å². The number of hydrogen-bond acceptors (Lipinski definition) is 2. The van der Waals surface area contributed by atoms with Gasteiger partial charge in [-0.1, -0.05) is 284 Å². The molecule has 0 atom stereocenters. The zero-order valence-corrected chi connectivity index (χ0v) is 53.8. The SMILES string of the molecule is CC(C)(C)c1ccc2c(c1)B1c3ccc(-c4ccccc4-c4ccccc4)cc3N(c3c(-c4ccccc4)cccc3-c3ccccc3)c3cc(-n4c5ccccc5c5ccccc54)cc(c31)N2c1ccc(C(C)(C)C)cc1-c1cc2ccc3cccc4ccc(c1)c2c34. The Morgan fingerprint density at radius 2 is 0.745 bits per heavy atom. The predicted octanol–water partition coefficient (Wildman–Crippen LogP) is 22.7. The van der Waals surface area contributed by atoms with Crippen LogP contribution in [0.25, 0.3) is 115 Å². The van der Waals surface area contributed by atoms with Gasteiger partial charge in [0.05, 0.1) is 28.1 Å². The third-order valence-corrected chi connectivity index (χ3v) is 20.4. The lowest BCUT2D eigenvalue weighted by atomic mass is 9.33. The van der Waals surface area contributed by atoms with E-state index in [4.69, 9.17) is 0 Å². The molecular formula is C90H68BN3. The Balaban J connectivity index is 1.01. The second-order valence-electron chi connectivity index (χ2n) is 28.0. The lowest BCUT2D eigenvalue weighted by Gasteiger charge is -2.46. The van der Waals surface area contributed by atoms with Gasteiger partial charge in [0, 0.05) is 50.2 Å². The minimum absolute atomic E-state index is 0.140. The van der Waals surface area contributed by atoms with Gasteiger partial charge in [0.15, 0.2) is 0 Å². The van der Waals surface area contributed by atoms with Gasteiger partial charge in [-0.25, -0.2) is 0 Å². The number of anilines is 6. The van der Waals surface area contributed by atoms with Crippen molar-refractivity contribution in [2.75, 3.05) is 9.80 Å². The Labute approximate surface area is 550 Å². The van der Waals surface area contributed by atoms with Crippen molar-refractivity contribution in [1.29, 1.82) is 0 Å². The summed E-state index contributed by atoms with van der Waals surface area (Å²) in [4.78, 5) is 5.37. The third kappa shape index (κ3) is 8.73. The highest BCUT2D eigenvalue weighted by Gasteiger charge is 2.46. The Morgan fingerprint density at radius 3 is 1.33 bits per heavy atom. The number of rotatable bonds is 8. The Hall–Kier alpha value is -11.2. The molecule has 15 aromatic carbocycles. The van der Waals surface area contributed by atoms with E-state index in [1.807, 2.05) is 0 Å². The summed E-state index contributed by atoms with van der Waals surface area (Å²) in [5, 5.41) is 10.1. The van der Waals surface area contributed by atoms with Crippen molar-refractivity contribution in [3.8, 4) is 61.3 Å². The largest absolute Gasteiger partial charge is 0.311 e. The van der Waals surface area contributed by atoms with E-state index in [0.29, 0.717) is 0 Å². The fraction of sp³-hybridized carbons (Fsp3) is 0.0889. The van der Waals surface area contributed by atoms with Crippen LogP contribution in [0.1, 0.15) is 52.7 Å². The molecule has 18 rings (SSSR count). The fourth-order valence-corrected chi connectivity index (χ4v) is 15.9. The van der Waals surface area contributed by atoms with Crippen molar-refractivity contribution in [1.82, 2.24) is 4.57 Å². The molecule has 0 fully saturated rings. The van der Waals surface area contributed by atoms with Crippen LogP contribution in [-0.2, 0) is 10.8 Å². The first-order valence-corrected chi connectivity index (χ1v) is 33.2. The Kier molecular flexibility index (Phi) is 12.5. The van der Waals surface area contributed by atoms with Gasteiger partial charge < -0.3 is 14.4 Å². The standard InChI is InChI=1S/C90H68BN3/c1-89(2,3)66-45-48-80(75(53-66)65-50-63-42-40-60-30-22-31-61-41-43-64(51-65)86(63)85(60)61)93-81-49-46-67(90(4,5)6)54-77(81)91-76-47-44-62(70-33-17-16-32-69(70)57-24-10-7-11-25-57)52-82(76)94(88-71(58-26-12-8-13-27-58)36-23-37-72(88)59-28-14-9-15-29-59)84-56-68(55-83(93)87(84)91)92-78-38-20-18-34-73(78)74-35-19-21-39-79(74)92/h7-56H,1-6H3. The van der Waals surface area contributed by atoms with Crippen molar-refractivity contribution in [2.24, 2.45) is 0 Å². The molecule has 0 radical (unpaired) electrons. The highest BCUT2D eigenvalue weighted by molar-refractivity contribution is 7.00. The topological polar surface area (TPSA) is 11.4 Å². The first-order chi connectivity index (χ1) is 45.9. The molecule has 0 aliphatic carbocycles. The molecule has 0 saturated heterocycles. The lowest BCUT2D eigenvalue weighted by molar-refractivity contribution is 0.590. The maximum Gasteiger partial charge on any atom is 0.252 e. The minimum atomic E-state index is -0.186. The maximum absolute atomic E-state index is 2.70. The van der Waals surface area contributed by atoms with E-state index in [9.17, 15) is 0 Å².